The number of rotatable bonds is 10. The number of amides is 2. The number of para-hydroxylation sites is 2. The number of aromatic carboxylic acids is 1. The zero-order chi connectivity index (χ0) is 42.9. The van der Waals surface area contributed by atoms with Gasteiger partial charge in [0, 0.05) is 48.1 Å². The molecule has 0 aliphatic carbocycles. The molecule has 6 aromatic rings. The summed E-state index contributed by atoms with van der Waals surface area (Å²) in [5, 5.41) is 27.4. The predicted octanol–water partition coefficient (Wildman–Crippen LogP) is 3.21. The Morgan fingerprint density at radius 1 is 0.587 bits per heavy atom. The Kier molecular flexibility index (Phi) is 17.6. The molecule has 322 valence electrons. The summed E-state index contributed by atoms with van der Waals surface area (Å²) >= 11 is 2.94. The first kappa shape index (κ1) is 48.6. The topological polar surface area (TPSA) is 221 Å². The maximum absolute atomic E-state index is 13.5. The van der Waals surface area contributed by atoms with Crippen molar-refractivity contribution in [3.63, 3.8) is 0 Å². The molecule has 63 heavy (non-hydrogen) atoms. The van der Waals surface area contributed by atoms with Gasteiger partial charge in [-0.05, 0) is 88.1 Å². The van der Waals surface area contributed by atoms with E-state index < -0.39 is 11.9 Å². The summed E-state index contributed by atoms with van der Waals surface area (Å²) in [6, 6.07) is 21.4. The van der Waals surface area contributed by atoms with Crippen molar-refractivity contribution in [3.8, 4) is 11.4 Å². The van der Waals surface area contributed by atoms with E-state index in [0.29, 0.717) is 51.2 Å². The molecule has 2 saturated heterocycles. The molecule has 2 fully saturated rings. The van der Waals surface area contributed by atoms with Crippen LogP contribution in [-0.2, 0) is 4.74 Å². The van der Waals surface area contributed by atoms with Crippen molar-refractivity contribution in [2.45, 2.75) is 72.2 Å². The molecule has 20 heteroatoms. The smallest absolute Gasteiger partial charge is 0.870 e. The van der Waals surface area contributed by atoms with Gasteiger partial charge in [-0.1, -0.05) is 24.3 Å². The van der Waals surface area contributed by atoms with Gasteiger partial charge in [-0.25, -0.2) is 19.6 Å². The molecule has 0 unspecified atom stereocenters. The number of carboxylic acids is 1. The van der Waals surface area contributed by atoms with Crippen molar-refractivity contribution in [2.24, 2.45) is 0 Å². The molecule has 0 radical (unpaired) electrons. The van der Waals surface area contributed by atoms with Gasteiger partial charge in [0.25, 0.3) is 11.8 Å². The number of aromatic nitrogens is 8. The van der Waals surface area contributed by atoms with Crippen molar-refractivity contribution >= 4 is 47.3 Å². The number of nitrogens with zero attached hydrogens (tertiary/aromatic N) is 10. The molecule has 0 saturated carbocycles. The standard InChI is InChI=1S/C22H23N5O3S.C21H21N5O3S.Na.H2O/c1-15-9-10-16(31-20-18(22(29)30-2)7-5-11-23-20)14-26(15)21(28)17-6-3-4-8-19(17)27-24-12-13-25-27;1-14-8-9-15(30-19-17(21(28)29)6-4-10-22-19)13-25(14)20(27)16-5-2-3-7-18(16)26-23-11-12-24-26;;/h3-8,11-13,15-16H,9-10,14H2,1-2H3;2-7,10-12,14-15H,8-9,13H2,1H3,(H,28,29);;1H2/q;;+1;/p-1/t15-,16-;14-,15-;;/m11../s1. The number of ether oxygens (including phenoxy) is 1. The summed E-state index contributed by atoms with van der Waals surface area (Å²) < 4.78 is 4.88. The van der Waals surface area contributed by atoms with Crippen LogP contribution in [0.4, 0.5) is 0 Å². The first-order valence-electron chi connectivity index (χ1n) is 19.7. The Morgan fingerprint density at radius 3 is 1.41 bits per heavy atom. The number of carbonyl (C=O) groups excluding carboxylic acids is 3. The van der Waals surface area contributed by atoms with Crippen LogP contribution in [0.5, 0.6) is 0 Å². The fourth-order valence-electron chi connectivity index (χ4n) is 7.27. The third-order valence-electron chi connectivity index (χ3n) is 10.5. The first-order chi connectivity index (χ1) is 29.6. The second kappa shape index (κ2) is 22.8. The molecule has 2 amide bonds. The molecule has 4 aromatic heterocycles. The maximum atomic E-state index is 13.5. The Balaban J connectivity index is 0.000000230. The molecule has 2 aromatic carbocycles. The van der Waals surface area contributed by atoms with Crippen molar-refractivity contribution < 1.29 is 64.1 Å². The van der Waals surface area contributed by atoms with Gasteiger partial charge in [0.1, 0.15) is 10.1 Å². The second-order valence-electron chi connectivity index (χ2n) is 14.4. The number of methoxy groups -OCH3 is 1. The van der Waals surface area contributed by atoms with Crippen molar-refractivity contribution in [1.29, 1.82) is 0 Å². The predicted molar refractivity (Wildman–Crippen MR) is 230 cm³/mol. The summed E-state index contributed by atoms with van der Waals surface area (Å²) in [5.74, 6) is -1.54. The van der Waals surface area contributed by atoms with Gasteiger partial charge in [-0.15, -0.1) is 23.5 Å². The van der Waals surface area contributed by atoms with E-state index in [1.165, 1.54) is 40.2 Å². The zero-order valence-corrected chi connectivity index (χ0v) is 38.8. The number of likely N-dealkylation sites (tertiary alicyclic amines) is 2. The van der Waals surface area contributed by atoms with Gasteiger partial charge in [0.15, 0.2) is 0 Å². The van der Waals surface area contributed by atoms with Gasteiger partial charge < -0.3 is 25.1 Å². The van der Waals surface area contributed by atoms with Crippen LogP contribution < -0.4 is 29.6 Å². The van der Waals surface area contributed by atoms with E-state index in [4.69, 9.17) is 4.74 Å². The number of thioether (sulfide) groups is 2. The van der Waals surface area contributed by atoms with E-state index in [-0.39, 0.29) is 75.0 Å². The summed E-state index contributed by atoms with van der Waals surface area (Å²) in [7, 11) is 1.36. The zero-order valence-electron chi connectivity index (χ0n) is 35.2. The minimum atomic E-state index is -0.997. The first-order valence-corrected chi connectivity index (χ1v) is 21.5. The molecule has 2 aliphatic rings. The summed E-state index contributed by atoms with van der Waals surface area (Å²) in [4.78, 5) is 65.8. The van der Waals surface area contributed by atoms with Gasteiger partial charge in [0.2, 0.25) is 0 Å². The molecule has 2 N–H and O–H groups in total. The van der Waals surface area contributed by atoms with E-state index in [1.807, 2.05) is 53.1 Å². The maximum Gasteiger partial charge on any atom is 1.00 e. The summed E-state index contributed by atoms with van der Waals surface area (Å²) in [5.41, 5.74) is 3.01. The quantitative estimate of drug-likeness (QED) is 0.154. The third-order valence-corrected chi connectivity index (χ3v) is 13.0. The third kappa shape index (κ3) is 11.6. The van der Waals surface area contributed by atoms with E-state index in [2.05, 4.69) is 37.3 Å². The van der Waals surface area contributed by atoms with Crippen LogP contribution in [0.15, 0.2) is 120 Å². The molecule has 17 nitrogen and oxygen atoms in total. The van der Waals surface area contributed by atoms with Crippen LogP contribution >= 0.6 is 23.5 Å². The van der Waals surface area contributed by atoms with E-state index in [0.717, 1.165) is 25.7 Å². The average Bonchev–Trinajstić information content (AvgIpc) is 4.04. The van der Waals surface area contributed by atoms with Crippen molar-refractivity contribution in [2.75, 3.05) is 20.2 Å². The minimum absolute atomic E-state index is 0. The molecule has 0 bridgehead atoms. The summed E-state index contributed by atoms with van der Waals surface area (Å²) in [6.07, 6.45) is 13.1. The molecule has 2 aliphatic heterocycles. The number of carbonyl (C=O) groups is 4. The van der Waals surface area contributed by atoms with E-state index in [1.54, 1.807) is 73.6 Å². The summed E-state index contributed by atoms with van der Waals surface area (Å²) in [6.45, 7) is 5.18. The Bertz CT molecular complexity index is 2480. The molecular weight excluding hydrogens is 856 g/mol. The molecule has 0 spiro atoms. The number of piperidine rings is 2. The normalized spacial score (nSPS) is 18.1. The molecular formula is C43H45N10NaO7S2. The molecule has 6 heterocycles. The second-order valence-corrected chi connectivity index (χ2v) is 17.0. The van der Waals surface area contributed by atoms with Gasteiger partial charge >= 0.3 is 41.5 Å². The average molecular weight is 901 g/mol. The van der Waals surface area contributed by atoms with Crippen LogP contribution in [-0.4, -0.2) is 127 Å². The van der Waals surface area contributed by atoms with Gasteiger partial charge in [-0.2, -0.15) is 30.0 Å². The number of hydrogen-bond acceptors (Lipinski definition) is 14. The van der Waals surface area contributed by atoms with Crippen molar-refractivity contribution in [3.05, 3.63) is 132 Å². The Morgan fingerprint density at radius 2 is 0.984 bits per heavy atom. The Hall–Kier alpha value is -5.44. The number of benzene rings is 2. The number of hydrogen-bond donors (Lipinski definition) is 1. The number of esters is 1. The number of carboxylic acid groups (broad SMARTS) is 1. The monoisotopic (exact) mass is 900 g/mol. The molecule has 4 atom stereocenters. The fraction of sp³-hybridized carbons (Fsp3) is 0.302. The van der Waals surface area contributed by atoms with Crippen LogP contribution in [0.1, 0.15) is 81.0 Å². The van der Waals surface area contributed by atoms with Gasteiger partial charge in [-0.3, -0.25) is 9.59 Å². The van der Waals surface area contributed by atoms with E-state index >= 15 is 0 Å². The SMILES string of the molecule is COC(=O)c1cccnc1S[C@@H]1CC[C@@H](C)N(C(=O)c2ccccc2-n2nccn2)C1.C[C@@H]1CC[C@@H](Sc2ncccc2C(=O)O)CN1C(=O)c1ccccc1-n1nccn1.[Na+].[OH-]. The van der Waals surface area contributed by atoms with Crippen LogP contribution in [0.2, 0.25) is 0 Å². The van der Waals surface area contributed by atoms with Crippen LogP contribution in [0, 0.1) is 0 Å². The van der Waals surface area contributed by atoms with Crippen LogP contribution in [0.25, 0.3) is 11.4 Å². The van der Waals surface area contributed by atoms with Crippen molar-refractivity contribution in [1.82, 2.24) is 49.8 Å². The Labute approximate surface area is 394 Å². The van der Waals surface area contributed by atoms with Crippen LogP contribution in [0.3, 0.4) is 0 Å². The van der Waals surface area contributed by atoms with E-state index in [9.17, 15) is 24.3 Å². The largest absolute Gasteiger partial charge is 1.00 e. The number of pyridine rings is 2. The molecule has 8 rings (SSSR count). The van der Waals surface area contributed by atoms with Gasteiger partial charge in [0.05, 0.1) is 65.5 Å². The minimum Gasteiger partial charge on any atom is -0.870 e. The fourth-order valence-corrected chi connectivity index (χ4v) is 9.68.